The predicted octanol–water partition coefficient (Wildman–Crippen LogP) is 3.57. The number of rotatable bonds is 4. The van der Waals surface area contributed by atoms with E-state index in [-0.39, 0.29) is 12.4 Å². The number of fused-ring (bicyclic) bond motifs is 4. The van der Waals surface area contributed by atoms with Gasteiger partial charge in [-0.05, 0) is 31.0 Å². The summed E-state index contributed by atoms with van der Waals surface area (Å²) in [6.45, 7) is 5.59. The number of aromatic amines is 1. The highest BCUT2D eigenvalue weighted by atomic mass is 35.5. The molecule has 0 fully saturated rings. The highest BCUT2D eigenvalue weighted by Crippen LogP contribution is 2.40. The maximum Gasteiger partial charge on any atom is 0.511 e. The number of aryl methyl sites for hydroxylation is 1. The van der Waals surface area contributed by atoms with E-state index in [1.54, 1.807) is 0 Å². The molecule has 3 heterocycles. The molecule has 0 bridgehead atoms. The predicted molar refractivity (Wildman–Crippen MR) is 125 cm³/mol. The number of halogens is 1. The summed E-state index contributed by atoms with van der Waals surface area (Å²) in [7, 11) is 2.02. The first kappa shape index (κ1) is 23.5. The Balaban J connectivity index is 0.00000289. The number of aromatic nitrogens is 2. The van der Waals surface area contributed by atoms with Crippen LogP contribution >= 0.6 is 12.4 Å². The molecule has 32 heavy (non-hydrogen) atoms. The summed E-state index contributed by atoms with van der Waals surface area (Å²) in [5.41, 5.74) is 3.89. The minimum atomic E-state index is -1.65. The van der Waals surface area contributed by atoms with E-state index in [1.807, 2.05) is 19.2 Å². The number of anilines is 1. The van der Waals surface area contributed by atoms with Crippen molar-refractivity contribution in [1.29, 1.82) is 0 Å². The number of nitrogens with zero attached hydrogens (tertiary/aromatic N) is 1. The molecule has 0 saturated carbocycles. The third kappa shape index (κ3) is 4.26. The van der Waals surface area contributed by atoms with E-state index in [2.05, 4.69) is 44.8 Å². The summed E-state index contributed by atoms with van der Waals surface area (Å²) in [6, 6.07) is 6.48. The maximum atomic E-state index is 12.5. The summed E-state index contributed by atoms with van der Waals surface area (Å²) in [5, 5.41) is 27.4. The lowest BCUT2D eigenvalue weighted by Gasteiger charge is -2.20. The molecule has 0 radical (unpaired) electrons. The van der Waals surface area contributed by atoms with Gasteiger partial charge in [-0.1, -0.05) is 13.8 Å². The molecule has 0 unspecified atom stereocenters. The smallest absolute Gasteiger partial charge is 0.504 e. The Morgan fingerprint density at radius 2 is 2.06 bits per heavy atom. The van der Waals surface area contributed by atoms with E-state index in [0.29, 0.717) is 36.7 Å². The monoisotopic (exact) mass is 462 g/mol. The van der Waals surface area contributed by atoms with Gasteiger partial charge in [0.25, 0.3) is 5.56 Å². The number of ether oxygens (including phenoxy) is 1. The van der Waals surface area contributed by atoms with Gasteiger partial charge in [0.05, 0.1) is 11.2 Å². The summed E-state index contributed by atoms with van der Waals surface area (Å²) in [5.74, 6) is -1.02. The highest BCUT2D eigenvalue weighted by molar-refractivity contribution is 5.94. The Labute approximate surface area is 190 Å². The van der Waals surface area contributed by atoms with Gasteiger partial charge >= 0.3 is 6.16 Å². The lowest BCUT2D eigenvalue weighted by molar-refractivity contribution is 0.142. The minimum absolute atomic E-state index is 0. The number of nitrogens with one attached hydrogen (secondary N) is 3. The molecule has 4 rings (SSSR count). The normalized spacial score (nSPS) is 12.9. The number of carboxylic acid groups (broad SMARTS) is 1. The minimum Gasteiger partial charge on any atom is -0.504 e. The molecule has 9 nitrogen and oxygen atoms in total. The van der Waals surface area contributed by atoms with Gasteiger partial charge in [0.1, 0.15) is 0 Å². The Morgan fingerprint density at radius 1 is 1.31 bits per heavy atom. The van der Waals surface area contributed by atoms with Crippen LogP contribution in [0.5, 0.6) is 11.5 Å². The molecule has 0 spiro atoms. The van der Waals surface area contributed by atoms with Crippen molar-refractivity contribution in [3.05, 3.63) is 39.8 Å². The quantitative estimate of drug-likeness (QED) is 0.375. The van der Waals surface area contributed by atoms with Crippen molar-refractivity contribution in [1.82, 2.24) is 14.9 Å². The second-order valence-electron chi connectivity index (χ2n) is 8.07. The van der Waals surface area contributed by atoms with Crippen molar-refractivity contribution in [3.63, 3.8) is 0 Å². The third-order valence-corrected chi connectivity index (χ3v) is 5.60. The number of carbonyl (C=O) groups is 1. The number of H-pyrrole nitrogens is 1. The van der Waals surface area contributed by atoms with Gasteiger partial charge in [0, 0.05) is 54.1 Å². The van der Waals surface area contributed by atoms with Crippen LogP contribution in [0.1, 0.15) is 31.5 Å². The van der Waals surface area contributed by atoms with Crippen LogP contribution in [-0.2, 0) is 20.0 Å². The standard InChI is InChI=1S/C22H26N4O5.ClH/c1-11(2)24-10-13-7-12-8-15-16(9-17(12)26(13)3)23-6-4-5-14-18(15)25-21(28)20(19(14)27)31-22(29)30;/h7-9,11,23-24H,4-6,10H2,1-3H3,(H,29,30)(H2,25,27,28);1H. The van der Waals surface area contributed by atoms with Crippen LogP contribution in [0, 0.1) is 0 Å². The summed E-state index contributed by atoms with van der Waals surface area (Å²) >= 11 is 0. The van der Waals surface area contributed by atoms with Gasteiger partial charge in [-0.25, -0.2) is 4.79 Å². The summed E-state index contributed by atoms with van der Waals surface area (Å²) in [6.07, 6.45) is -0.508. The molecule has 1 aliphatic heterocycles. The van der Waals surface area contributed by atoms with Crippen LogP contribution in [0.15, 0.2) is 23.0 Å². The topological polar surface area (TPSA) is 129 Å². The zero-order valence-corrected chi connectivity index (χ0v) is 18.9. The molecule has 0 amide bonds. The number of aromatic hydroxyl groups is 1. The van der Waals surface area contributed by atoms with E-state index in [1.165, 1.54) is 0 Å². The number of pyridine rings is 1. The van der Waals surface area contributed by atoms with Crippen LogP contribution in [-0.4, -0.2) is 38.5 Å². The first-order chi connectivity index (χ1) is 14.8. The number of benzene rings is 1. The molecule has 1 aromatic carbocycles. The average molecular weight is 463 g/mol. The zero-order valence-electron chi connectivity index (χ0n) is 18.1. The fourth-order valence-electron chi connectivity index (χ4n) is 4.03. The number of hydrogen-bond donors (Lipinski definition) is 5. The van der Waals surface area contributed by atoms with E-state index < -0.39 is 23.2 Å². The molecule has 0 atom stereocenters. The Bertz CT molecular complexity index is 1230. The van der Waals surface area contributed by atoms with E-state index in [0.717, 1.165) is 34.4 Å². The Kier molecular flexibility index (Phi) is 6.71. The van der Waals surface area contributed by atoms with Gasteiger partial charge in [0.2, 0.25) is 5.75 Å². The van der Waals surface area contributed by atoms with Gasteiger partial charge in [0.15, 0.2) is 5.75 Å². The zero-order chi connectivity index (χ0) is 22.3. The molecular formula is C22H27ClN4O5. The van der Waals surface area contributed by atoms with Crippen molar-refractivity contribution < 1.29 is 19.7 Å². The first-order valence-corrected chi connectivity index (χ1v) is 10.2. The highest BCUT2D eigenvalue weighted by Gasteiger charge is 2.24. The van der Waals surface area contributed by atoms with E-state index in [4.69, 9.17) is 5.11 Å². The fraction of sp³-hybridized carbons (Fsp3) is 0.364. The average Bonchev–Trinajstić information content (AvgIpc) is 3.00. The molecule has 0 aliphatic carbocycles. The molecule has 3 aromatic rings. The third-order valence-electron chi connectivity index (χ3n) is 5.60. The summed E-state index contributed by atoms with van der Waals surface area (Å²) < 4.78 is 6.67. The van der Waals surface area contributed by atoms with Crippen LogP contribution < -0.4 is 20.9 Å². The molecule has 172 valence electrons. The lowest BCUT2D eigenvalue weighted by Crippen LogP contribution is -2.23. The van der Waals surface area contributed by atoms with Crippen LogP contribution in [0.2, 0.25) is 0 Å². The van der Waals surface area contributed by atoms with Crippen molar-refractivity contribution >= 4 is 35.2 Å². The largest absolute Gasteiger partial charge is 0.511 e. The van der Waals surface area contributed by atoms with Crippen LogP contribution in [0.25, 0.3) is 22.2 Å². The first-order valence-electron chi connectivity index (χ1n) is 10.2. The van der Waals surface area contributed by atoms with Crippen LogP contribution in [0.4, 0.5) is 10.5 Å². The van der Waals surface area contributed by atoms with Gasteiger partial charge < -0.3 is 35.1 Å². The Hall–Kier alpha value is -3.17. The Morgan fingerprint density at radius 3 is 2.75 bits per heavy atom. The molecule has 1 aliphatic rings. The molecule has 0 saturated heterocycles. The van der Waals surface area contributed by atoms with Crippen molar-refractivity contribution in [3.8, 4) is 22.8 Å². The maximum absolute atomic E-state index is 12.5. The second kappa shape index (κ2) is 9.13. The van der Waals surface area contributed by atoms with Gasteiger partial charge in [-0.2, -0.15) is 0 Å². The van der Waals surface area contributed by atoms with E-state index >= 15 is 0 Å². The molecular weight excluding hydrogens is 436 g/mol. The van der Waals surface area contributed by atoms with Crippen molar-refractivity contribution in [2.24, 2.45) is 7.05 Å². The number of hydrogen-bond acceptors (Lipinski definition) is 6. The van der Waals surface area contributed by atoms with Crippen LogP contribution in [0.3, 0.4) is 0 Å². The SMILES string of the molecule is CC(C)NCc1cc2cc3c(cc2n1C)NCCCc1c-3[nH]c(=O)c(OC(=O)O)c1O.Cl. The van der Waals surface area contributed by atoms with E-state index in [9.17, 15) is 14.7 Å². The fourth-order valence-corrected chi connectivity index (χ4v) is 4.03. The second-order valence-corrected chi connectivity index (χ2v) is 8.07. The van der Waals surface area contributed by atoms with Crippen molar-refractivity contribution in [2.75, 3.05) is 11.9 Å². The lowest BCUT2D eigenvalue weighted by atomic mass is 9.96. The molecule has 2 aromatic heterocycles. The van der Waals surface area contributed by atoms with Crippen molar-refractivity contribution in [2.45, 2.75) is 39.3 Å². The molecule has 5 N–H and O–H groups in total. The summed E-state index contributed by atoms with van der Waals surface area (Å²) in [4.78, 5) is 26.2. The van der Waals surface area contributed by atoms with Gasteiger partial charge in [-0.3, -0.25) is 4.79 Å². The van der Waals surface area contributed by atoms with Gasteiger partial charge in [-0.15, -0.1) is 12.4 Å². The molecule has 10 heteroatoms.